The van der Waals surface area contributed by atoms with Crippen molar-refractivity contribution in [3.05, 3.63) is 65.2 Å². The number of rotatable bonds is 7. The molecule has 9 nitrogen and oxygen atoms in total. The molecule has 0 radical (unpaired) electrons. The third kappa shape index (κ3) is 4.04. The molecule has 4 rings (SSSR count). The quantitative estimate of drug-likeness (QED) is 0.607. The number of nitrogens with one attached hydrogen (secondary N) is 1. The van der Waals surface area contributed by atoms with E-state index < -0.39 is 0 Å². The first kappa shape index (κ1) is 19.3. The van der Waals surface area contributed by atoms with Crippen LogP contribution < -0.4 is 14.5 Å². The summed E-state index contributed by atoms with van der Waals surface area (Å²) < 4.78 is 11.4. The SMILES string of the molecule is COc1cc(/C=C2\C(=O)N(c3nn[nH]n3)N=C2C)ccc1OCCc1ccccc1. The minimum Gasteiger partial charge on any atom is -0.493 e. The Bertz CT molecular complexity index is 1090. The predicted octanol–water partition coefficient (Wildman–Crippen LogP) is 2.64. The summed E-state index contributed by atoms with van der Waals surface area (Å²) >= 11 is 0. The average molecular weight is 404 g/mol. The largest absolute Gasteiger partial charge is 0.493 e. The van der Waals surface area contributed by atoms with Gasteiger partial charge in [-0.2, -0.15) is 15.3 Å². The molecule has 1 aliphatic heterocycles. The number of methoxy groups -OCH3 is 1. The van der Waals surface area contributed by atoms with Crippen molar-refractivity contribution in [3.63, 3.8) is 0 Å². The lowest BCUT2D eigenvalue weighted by atomic mass is 10.1. The predicted molar refractivity (Wildman–Crippen MR) is 111 cm³/mol. The number of carbonyl (C=O) groups is 1. The van der Waals surface area contributed by atoms with Gasteiger partial charge in [0.15, 0.2) is 11.5 Å². The number of hydrazone groups is 1. The lowest BCUT2D eigenvalue weighted by Gasteiger charge is -2.12. The van der Waals surface area contributed by atoms with Crippen LogP contribution >= 0.6 is 0 Å². The van der Waals surface area contributed by atoms with Crippen LogP contribution in [0.2, 0.25) is 0 Å². The van der Waals surface area contributed by atoms with Gasteiger partial charge in [-0.25, -0.2) is 0 Å². The Hall–Kier alpha value is -4.01. The Morgan fingerprint density at radius 3 is 2.70 bits per heavy atom. The van der Waals surface area contributed by atoms with Crippen molar-refractivity contribution in [1.82, 2.24) is 20.6 Å². The van der Waals surface area contributed by atoms with Gasteiger partial charge in [0.1, 0.15) is 0 Å². The van der Waals surface area contributed by atoms with Gasteiger partial charge in [-0.05, 0) is 41.5 Å². The van der Waals surface area contributed by atoms with Crippen LogP contribution in [0, 0.1) is 0 Å². The second-order valence-electron chi connectivity index (χ2n) is 6.57. The fourth-order valence-electron chi connectivity index (χ4n) is 3.05. The molecule has 1 aromatic heterocycles. The smallest absolute Gasteiger partial charge is 0.293 e. The molecule has 30 heavy (non-hydrogen) atoms. The number of nitrogens with zero attached hydrogens (tertiary/aromatic N) is 5. The zero-order valence-corrected chi connectivity index (χ0v) is 16.6. The fourth-order valence-corrected chi connectivity index (χ4v) is 3.05. The summed E-state index contributed by atoms with van der Waals surface area (Å²) in [7, 11) is 1.59. The van der Waals surface area contributed by atoms with Gasteiger partial charge in [0.25, 0.3) is 11.9 Å². The van der Waals surface area contributed by atoms with Gasteiger partial charge in [-0.1, -0.05) is 41.5 Å². The minimum absolute atomic E-state index is 0.0995. The summed E-state index contributed by atoms with van der Waals surface area (Å²) in [5.41, 5.74) is 3.00. The maximum absolute atomic E-state index is 12.7. The molecule has 2 heterocycles. The van der Waals surface area contributed by atoms with Crippen molar-refractivity contribution < 1.29 is 14.3 Å². The highest BCUT2D eigenvalue weighted by molar-refractivity contribution is 6.31. The number of hydrogen-bond acceptors (Lipinski definition) is 7. The topological polar surface area (TPSA) is 106 Å². The summed E-state index contributed by atoms with van der Waals surface area (Å²) in [6.45, 7) is 2.28. The van der Waals surface area contributed by atoms with Gasteiger partial charge >= 0.3 is 0 Å². The lowest BCUT2D eigenvalue weighted by Crippen LogP contribution is -2.22. The first-order valence-electron chi connectivity index (χ1n) is 9.35. The van der Waals surface area contributed by atoms with E-state index in [-0.39, 0.29) is 11.9 Å². The van der Waals surface area contributed by atoms with E-state index in [4.69, 9.17) is 9.47 Å². The number of carbonyl (C=O) groups excluding carboxylic acids is 1. The zero-order chi connectivity index (χ0) is 20.9. The van der Waals surface area contributed by atoms with Crippen LogP contribution in [0.25, 0.3) is 6.08 Å². The Labute approximate surface area is 173 Å². The first-order chi connectivity index (χ1) is 14.7. The second-order valence-corrected chi connectivity index (χ2v) is 6.57. The number of ether oxygens (including phenoxy) is 2. The number of aromatic amines is 1. The molecule has 0 atom stereocenters. The fraction of sp³-hybridized carbons (Fsp3) is 0.190. The van der Waals surface area contributed by atoms with Crippen LogP contribution in [-0.4, -0.2) is 46.0 Å². The molecule has 1 N–H and O–H groups in total. The van der Waals surface area contributed by atoms with Crippen molar-refractivity contribution in [2.24, 2.45) is 5.10 Å². The van der Waals surface area contributed by atoms with Crippen LogP contribution in [0.5, 0.6) is 11.5 Å². The van der Waals surface area contributed by atoms with Crippen molar-refractivity contribution in [2.75, 3.05) is 18.7 Å². The number of H-pyrrole nitrogens is 1. The molecule has 0 saturated carbocycles. The molecule has 0 bridgehead atoms. The highest BCUT2D eigenvalue weighted by Crippen LogP contribution is 2.30. The van der Waals surface area contributed by atoms with Crippen LogP contribution in [0.1, 0.15) is 18.1 Å². The maximum Gasteiger partial charge on any atom is 0.293 e. The maximum atomic E-state index is 12.7. The minimum atomic E-state index is -0.323. The van der Waals surface area contributed by atoms with E-state index in [9.17, 15) is 4.79 Å². The highest BCUT2D eigenvalue weighted by Gasteiger charge is 2.31. The van der Waals surface area contributed by atoms with Gasteiger partial charge < -0.3 is 9.47 Å². The molecular formula is C21H20N6O3. The molecule has 1 aliphatic rings. The van der Waals surface area contributed by atoms with Crippen LogP contribution in [0.3, 0.4) is 0 Å². The molecule has 0 saturated heterocycles. The average Bonchev–Trinajstić information content (AvgIpc) is 3.39. The van der Waals surface area contributed by atoms with E-state index in [0.717, 1.165) is 17.0 Å². The molecule has 0 spiro atoms. The summed E-state index contributed by atoms with van der Waals surface area (Å²) in [5, 5.41) is 18.7. The van der Waals surface area contributed by atoms with E-state index in [2.05, 4.69) is 37.9 Å². The molecule has 1 amide bonds. The molecule has 9 heteroatoms. The summed E-state index contributed by atoms with van der Waals surface area (Å²) in [4.78, 5) is 12.7. The van der Waals surface area contributed by atoms with Crippen molar-refractivity contribution in [2.45, 2.75) is 13.3 Å². The Morgan fingerprint density at radius 1 is 1.13 bits per heavy atom. The van der Waals surface area contributed by atoms with Crippen molar-refractivity contribution in [3.8, 4) is 11.5 Å². The molecule has 2 aromatic carbocycles. The lowest BCUT2D eigenvalue weighted by molar-refractivity contribution is -0.114. The Kier molecular flexibility index (Phi) is 5.51. The summed E-state index contributed by atoms with van der Waals surface area (Å²) in [6, 6.07) is 15.7. The Balaban J connectivity index is 1.48. The molecule has 0 unspecified atom stereocenters. The summed E-state index contributed by atoms with van der Waals surface area (Å²) in [5.74, 6) is 1.01. The second kappa shape index (κ2) is 8.56. The van der Waals surface area contributed by atoms with E-state index in [1.54, 1.807) is 20.1 Å². The normalized spacial score (nSPS) is 14.9. The molecular weight excluding hydrogens is 384 g/mol. The number of benzene rings is 2. The first-order valence-corrected chi connectivity index (χ1v) is 9.35. The van der Waals surface area contributed by atoms with Gasteiger partial charge in [0.2, 0.25) is 0 Å². The zero-order valence-electron chi connectivity index (χ0n) is 16.6. The van der Waals surface area contributed by atoms with E-state index in [1.165, 1.54) is 5.56 Å². The standard InChI is InChI=1S/C21H20N6O3/c1-14-17(20(28)27(24-14)21-22-25-26-23-21)12-16-8-9-18(19(13-16)29-2)30-11-10-15-6-4-3-5-7-15/h3-9,12-13H,10-11H2,1-2H3,(H,22,23,25,26)/b17-12-. The number of aromatic nitrogens is 4. The summed E-state index contributed by atoms with van der Waals surface area (Å²) in [6.07, 6.45) is 2.55. The van der Waals surface area contributed by atoms with Gasteiger partial charge in [0, 0.05) is 6.42 Å². The van der Waals surface area contributed by atoms with Crippen LogP contribution in [0.15, 0.2) is 59.2 Å². The van der Waals surface area contributed by atoms with E-state index in [0.29, 0.717) is 29.4 Å². The molecule has 152 valence electrons. The van der Waals surface area contributed by atoms with Gasteiger partial charge in [-0.3, -0.25) is 4.79 Å². The van der Waals surface area contributed by atoms with E-state index >= 15 is 0 Å². The number of hydrogen-bond donors (Lipinski definition) is 1. The third-order valence-electron chi connectivity index (χ3n) is 4.58. The van der Waals surface area contributed by atoms with Crippen molar-refractivity contribution >= 4 is 23.6 Å². The molecule has 0 aliphatic carbocycles. The third-order valence-corrected chi connectivity index (χ3v) is 4.58. The molecule has 3 aromatic rings. The van der Waals surface area contributed by atoms with Gasteiger partial charge in [0.05, 0.1) is 25.0 Å². The van der Waals surface area contributed by atoms with Gasteiger partial charge in [-0.15, -0.1) is 5.10 Å². The number of anilines is 1. The number of amides is 1. The Morgan fingerprint density at radius 2 is 1.97 bits per heavy atom. The monoisotopic (exact) mass is 404 g/mol. The molecule has 0 fully saturated rings. The van der Waals surface area contributed by atoms with E-state index in [1.807, 2.05) is 36.4 Å². The van der Waals surface area contributed by atoms with Crippen LogP contribution in [-0.2, 0) is 11.2 Å². The van der Waals surface area contributed by atoms with Crippen molar-refractivity contribution in [1.29, 1.82) is 0 Å². The number of tetrazole rings is 1. The van der Waals surface area contributed by atoms with Crippen LogP contribution in [0.4, 0.5) is 5.95 Å². The highest BCUT2D eigenvalue weighted by atomic mass is 16.5.